The van der Waals surface area contributed by atoms with Crippen molar-refractivity contribution in [1.29, 1.82) is 0 Å². The number of hydrogen-bond acceptors (Lipinski definition) is 4. The molecule has 0 aliphatic carbocycles. The first-order valence-electron chi connectivity index (χ1n) is 7.05. The molecule has 7 heteroatoms. The summed E-state index contributed by atoms with van der Waals surface area (Å²) in [6.07, 6.45) is 4.07. The molecular weight excluding hydrogens is 292 g/mol. The van der Waals surface area contributed by atoms with Crippen molar-refractivity contribution < 1.29 is 4.79 Å². The molecule has 1 aromatic heterocycles. The number of amides is 1. The Morgan fingerprint density at radius 1 is 1.65 bits per heavy atom. The molecule has 0 bridgehead atoms. The third-order valence-electron chi connectivity index (χ3n) is 3.90. The average molecular weight is 314 g/mol. The van der Waals surface area contributed by atoms with Crippen LogP contribution in [0.15, 0.2) is 0 Å². The Hall–Kier alpha value is -0.820. The van der Waals surface area contributed by atoms with Crippen molar-refractivity contribution in [3.8, 4) is 0 Å². The summed E-state index contributed by atoms with van der Waals surface area (Å²) in [5.41, 5.74) is 0. The molecule has 1 saturated heterocycles. The second-order valence-electron chi connectivity index (χ2n) is 5.13. The van der Waals surface area contributed by atoms with Gasteiger partial charge in [-0.1, -0.05) is 0 Å². The van der Waals surface area contributed by atoms with Crippen molar-refractivity contribution in [3.05, 3.63) is 10.6 Å². The number of nitrogens with one attached hydrogen (secondary N) is 1. The Balaban J connectivity index is 2.14. The van der Waals surface area contributed by atoms with E-state index in [1.807, 2.05) is 22.6 Å². The number of aromatic amines is 1. The van der Waals surface area contributed by atoms with Gasteiger partial charge in [-0.05, 0) is 45.2 Å². The van der Waals surface area contributed by atoms with Gasteiger partial charge in [-0.25, -0.2) is 0 Å². The van der Waals surface area contributed by atoms with Gasteiger partial charge in [-0.15, -0.1) is 0 Å². The van der Waals surface area contributed by atoms with E-state index in [0.29, 0.717) is 4.77 Å². The van der Waals surface area contributed by atoms with Crippen molar-refractivity contribution in [2.24, 2.45) is 0 Å². The zero-order chi connectivity index (χ0) is 14.7. The summed E-state index contributed by atoms with van der Waals surface area (Å²) < 4.78 is 2.70. The number of carbonyl (C=O) groups excluding carboxylic acids is 1. The van der Waals surface area contributed by atoms with E-state index in [1.165, 1.54) is 0 Å². The maximum atomic E-state index is 12.3. The van der Waals surface area contributed by atoms with Crippen LogP contribution in [0.4, 0.5) is 0 Å². The first-order chi connectivity index (χ1) is 9.58. The Bertz CT molecular complexity index is 525. The van der Waals surface area contributed by atoms with Gasteiger partial charge < -0.3 is 9.47 Å². The van der Waals surface area contributed by atoms with E-state index in [-0.39, 0.29) is 17.1 Å². The second-order valence-corrected chi connectivity index (χ2v) is 6.70. The minimum atomic E-state index is 0.0285. The van der Waals surface area contributed by atoms with E-state index in [0.717, 1.165) is 38.3 Å². The van der Waals surface area contributed by atoms with Crippen LogP contribution in [0.3, 0.4) is 0 Å². The summed E-state index contributed by atoms with van der Waals surface area (Å²) in [4.78, 5) is 14.3. The number of hydrogen-bond donors (Lipinski definition) is 1. The van der Waals surface area contributed by atoms with Gasteiger partial charge in [0.05, 0.1) is 5.25 Å². The monoisotopic (exact) mass is 314 g/mol. The summed E-state index contributed by atoms with van der Waals surface area (Å²) >= 11 is 6.84. The quantitative estimate of drug-likeness (QED) is 0.867. The van der Waals surface area contributed by atoms with Crippen molar-refractivity contribution in [2.45, 2.75) is 44.4 Å². The number of nitrogens with zero attached hydrogens (tertiary/aromatic N) is 3. The van der Waals surface area contributed by atoms with Crippen LogP contribution >= 0.6 is 24.0 Å². The minimum absolute atomic E-state index is 0.0285. The Morgan fingerprint density at radius 3 is 3.05 bits per heavy atom. The molecule has 0 spiro atoms. The third kappa shape index (κ3) is 3.09. The number of aromatic nitrogens is 3. The van der Waals surface area contributed by atoms with Gasteiger partial charge in [0.25, 0.3) is 0 Å². The molecule has 0 aromatic carbocycles. The Kier molecular flexibility index (Phi) is 5.26. The van der Waals surface area contributed by atoms with Crippen LogP contribution in [0.1, 0.15) is 38.4 Å². The second kappa shape index (κ2) is 6.76. The van der Waals surface area contributed by atoms with Gasteiger partial charge >= 0.3 is 0 Å². The molecule has 5 nitrogen and oxygen atoms in total. The number of H-pyrrole nitrogens is 1. The number of carbonyl (C=O) groups is 1. The molecule has 1 aromatic rings. The first-order valence-corrected chi connectivity index (χ1v) is 8.74. The normalized spacial score (nSPS) is 20.9. The fourth-order valence-electron chi connectivity index (χ4n) is 2.69. The molecule has 2 rings (SSSR count). The van der Waals surface area contributed by atoms with Gasteiger partial charge in [0.15, 0.2) is 4.77 Å². The van der Waals surface area contributed by atoms with E-state index >= 15 is 0 Å². The lowest BCUT2D eigenvalue weighted by Crippen LogP contribution is -2.43. The van der Waals surface area contributed by atoms with Gasteiger partial charge in [0, 0.05) is 25.6 Å². The van der Waals surface area contributed by atoms with Gasteiger partial charge in [-0.3, -0.25) is 9.89 Å². The predicted octanol–water partition coefficient (Wildman–Crippen LogP) is 2.42. The van der Waals surface area contributed by atoms with Crippen molar-refractivity contribution in [2.75, 3.05) is 19.3 Å². The third-order valence-corrected chi connectivity index (χ3v) is 5.12. The van der Waals surface area contributed by atoms with Crippen LogP contribution in [-0.2, 0) is 11.3 Å². The molecule has 1 aliphatic heterocycles. The molecule has 112 valence electrons. The molecular formula is C13H22N4OS2. The molecule has 2 heterocycles. The van der Waals surface area contributed by atoms with Gasteiger partial charge in [-0.2, -0.15) is 16.9 Å². The molecule has 1 N–H and O–H groups in total. The minimum Gasteiger partial charge on any atom is -0.341 e. The van der Waals surface area contributed by atoms with Gasteiger partial charge in [0.2, 0.25) is 5.91 Å². The van der Waals surface area contributed by atoms with Crippen LogP contribution in [-0.4, -0.2) is 50.2 Å². The maximum absolute atomic E-state index is 12.3. The number of likely N-dealkylation sites (tertiary alicyclic amines) is 1. The number of piperidine rings is 1. The van der Waals surface area contributed by atoms with Crippen LogP contribution in [0, 0.1) is 4.77 Å². The Morgan fingerprint density at radius 2 is 2.40 bits per heavy atom. The summed E-state index contributed by atoms with van der Waals surface area (Å²) in [7, 11) is 0. The highest BCUT2D eigenvalue weighted by Crippen LogP contribution is 2.27. The maximum Gasteiger partial charge on any atom is 0.235 e. The largest absolute Gasteiger partial charge is 0.341 e. The topological polar surface area (TPSA) is 53.9 Å². The van der Waals surface area contributed by atoms with E-state index in [2.05, 4.69) is 17.1 Å². The molecule has 2 atom stereocenters. The summed E-state index contributed by atoms with van der Waals surface area (Å²) in [6.45, 7) is 6.46. The molecule has 1 amide bonds. The SMILES string of the molecule is CCn1c([C@@H]2CCCN(C(=O)[C@@H](C)SC)C2)n[nH]c1=S. The summed E-state index contributed by atoms with van der Waals surface area (Å²) in [6, 6.07) is 0. The molecule has 0 radical (unpaired) electrons. The van der Waals surface area contributed by atoms with E-state index in [9.17, 15) is 4.79 Å². The van der Waals surface area contributed by atoms with Crippen LogP contribution in [0.5, 0.6) is 0 Å². The predicted molar refractivity (Wildman–Crippen MR) is 84.6 cm³/mol. The molecule has 0 unspecified atom stereocenters. The molecule has 1 aliphatic rings. The first kappa shape index (κ1) is 15.6. The highest BCUT2D eigenvalue weighted by molar-refractivity contribution is 7.99. The summed E-state index contributed by atoms with van der Waals surface area (Å²) in [5.74, 6) is 1.51. The Labute approximate surface area is 129 Å². The smallest absolute Gasteiger partial charge is 0.235 e. The fourth-order valence-corrected chi connectivity index (χ4v) is 3.31. The van der Waals surface area contributed by atoms with Crippen LogP contribution in [0.2, 0.25) is 0 Å². The fraction of sp³-hybridized carbons (Fsp3) is 0.769. The number of thioether (sulfide) groups is 1. The van der Waals surface area contributed by atoms with Crippen LogP contribution in [0.25, 0.3) is 0 Å². The van der Waals surface area contributed by atoms with E-state index < -0.39 is 0 Å². The highest BCUT2D eigenvalue weighted by atomic mass is 32.2. The van der Waals surface area contributed by atoms with Gasteiger partial charge in [0.1, 0.15) is 5.82 Å². The lowest BCUT2D eigenvalue weighted by Gasteiger charge is -2.33. The molecule has 0 saturated carbocycles. The lowest BCUT2D eigenvalue weighted by molar-refractivity contribution is -0.131. The zero-order valence-corrected chi connectivity index (χ0v) is 13.9. The van der Waals surface area contributed by atoms with Crippen LogP contribution < -0.4 is 0 Å². The number of rotatable bonds is 4. The highest BCUT2D eigenvalue weighted by Gasteiger charge is 2.29. The van der Waals surface area contributed by atoms with E-state index in [4.69, 9.17) is 12.2 Å². The van der Waals surface area contributed by atoms with Crippen molar-refractivity contribution in [3.63, 3.8) is 0 Å². The molecule has 20 heavy (non-hydrogen) atoms. The zero-order valence-electron chi connectivity index (χ0n) is 12.3. The van der Waals surface area contributed by atoms with Crippen molar-refractivity contribution >= 4 is 29.9 Å². The average Bonchev–Trinajstić information content (AvgIpc) is 2.86. The standard InChI is InChI=1S/C13H22N4OS2/c1-4-17-11(14-15-13(17)19)10-6-5-7-16(8-10)12(18)9(2)20-3/h9-10H,4-8H2,1-3H3,(H,15,19)/t9-,10-/m1/s1. The summed E-state index contributed by atoms with van der Waals surface area (Å²) in [5, 5.41) is 7.27. The lowest BCUT2D eigenvalue weighted by atomic mass is 9.97. The molecule has 1 fully saturated rings. The van der Waals surface area contributed by atoms with Crippen molar-refractivity contribution in [1.82, 2.24) is 19.7 Å². The van der Waals surface area contributed by atoms with E-state index in [1.54, 1.807) is 11.8 Å².